The molecule has 0 aromatic carbocycles. The maximum absolute atomic E-state index is 14.2. The molecule has 0 aromatic rings. The van der Waals surface area contributed by atoms with E-state index in [0.717, 1.165) is 0 Å². The predicted octanol–water partition coefficient (Wildman–Crippen LogP) is 0.0394. The molecule has 19 heavy (non-hydrogen) atoms. The number of thiol groups is 2. The first kappa shape index (κ1) is 18.5. The number of hydrogen-bond acceptors (Lipinski definition) is 5. The molecule has 0 saturated carbocycles. The number of carbonyl (C=O) groups is 2. The molecule has 3 N–H and O–H groups in total. The van der Waals surface area contributed by atoms with Crippen molar-refractivity contribution >= 4 is 37.1 Å². The van der Waals surface area contributed by atoms with Gasteiger partial charge in [0.1, 0.15) is 0 Å². The van der Waals surface area contributed by atoms with Gasteiger partial charge >= 0.3 is 0 Å². The Kier molecular flexibility index (Phi) is 7.68. The summed E-state index contributed by atoms with van der Waals surface area (Å²) in [7, 11) is 0. The van der Waals surface area contributed by atoms with Gasteiger partial charge in [-0.05, 0) is 13.5 Å². The smallest absolute Gasteiger partial charge is 0.279 e. The zero-order chi connectivity index (χ0) is 15.1. The number of amides is 2. The topological polar surface area (TPSA) is 70.2 Å². The van der Waals surface area contributed by atoms with Gasteiger partial charge in [-0.15, -0.1) is 0 Å². The van der Waals surface area contributed by atoms with Crippen molar-refractivity contribution in [2.45, 2.75) is 25.4 Å². The summed E-state index contributed by atoms with van der Waals surface area (Å²) in [5, 5.41) is 6.18. The highest BCUT2D eigenvalue weighted by Gasteiger charge is 2.45. The van der Waals surface area contributed by atoms with E-state index in [2.05, 4.69) is 35.9 Å². The lowest BCUT2D eigenvalue weighted by Gasteiger charge is -2.29. The molecule has 0 saturated heterocycles. The molecular weight excluding hydrogens is 296 g/mol. The van der Waals surface area contributed by atoms with Gasteiger partial charge in [0.05, 0.1) is 5.75 Å². The molecule has 2 unspecified atom stereocenters. The Labute approximate surface area is 122 Å². The molecule has 0 spiro atoms. The largest absolute Gasteiger partial charge is 0.352 e. The molecule has 0 aliphatic heterocycles. The SMILES string of the molecule is CCNC(=O)C(F)(CS)NC(=O)C(F)(CS)NCC. The summed E-state index contributed by atoms with van der Waals surface area (Å²) in [5.41, 5.74) is 0. The van der Waals surface area contributed by atoms with Gasteiger partial charge in [0.15, 0.2) is 0 Å². The highest BCUT2D eigenvalue weighted by Crippen LogP contribution is 2.15. The van der Waals surface area contributed by atoms with Gasteiger partial charge in [-0.1, -0.05) is 6.92 Å². The molecule has 0 rings (SSSR count). The van der Waals surface area contributed by atoms with E-state index in [0.29, 0.717) is 0 Å². The second kappa shape index (κ2) is 7.91. The number of rotatable bonds is 8. The van der Waals surface area contributed by atoms with Gasteiger partial charge in [0, 0.05) is 12.3 Å². The second-order valence-electron chi connectivity index (χ2n) is 3.76. The fourth-order valence-corrected chi connectivity index (χ4v) is 1.71. The molecule has 112 valence electrons. The summed E-state index contributed by atoms with van der Waals surface area (Å²) in [6.45, 7) is 3.49. The Morgan fingerprint density at radius 1 is 1.00 bits per heavy atom. The Bertz CT molecular complexity index is 336. The first-order valence-electron chi connectivity index (χ1n) is 5.75. The van der Waals surface area contributed by atoms with Crippen molar-refractivity contribution < 1.29 is 18.4 Å². The molecule has 9 heteroatoms. The molecule has 0 heterocycles. The standard InChI is InChI=1S/C10H19F2N3O2S2/c1-3-13-7(16)10(12,6-19)15-8(17)9(11,5-18)14-4-2/h14,18-19H,3-6H2,1-2H3,(H,13,16)(H,15,17). The van der Waals surface area contributed by atoms with E-state index in [9.17, 15) is 18.4 Å². The third-order valence-corrected chi connectivity index (χ3v) is 3.13. The van der Waals surface area contributed by atoms with Crippen LogP contribution in [0.1, 0.15) is 13.8 Å². The maximum Gasteiger partial charge on any atom is 0.279 e. The van der Waals surface area contributed by atoms with E-state index in [1.165, 1.54) is 0 Å². The van der Waals surface area contributed by atoms with Gasteiger partial charge < -0.3 is 10.6 Å². The van der Waals surface area contributed by atoms with Crippen LogP contribution in [0.25, 0.3) is 0 Å². The van der Waals surface area contributed by atoms with Gasteiger partial charge in [0.2, 0.25) is 5.79 Å². The second-order valence-corrected chi connectivity index (χ2v) is 4.39. The molecule has 2 atom stereocenters. The average Bonchev–Trinajstić information content (AvgIpc) is 2.38. The molecule has 0 radical (unpaired) electrons. The zero-order valence-corrected chi connectivity index (χ0v) is 12.6. The van der Waals surface area contributed by atoms with Crippen molar-refractivity contribution in [2.75, 3.05) is 24.6 Å². The van der Waals surface area contributed by atoms with Crippen LogP contribution in [0.2, 0.25) is 0 Å². The minimum Gasteiger partial charge on any atom is -0.352 e. The van der Waals surface area contributed by atoms with E-state index in [4.69, 9.17) is 0 Å². The van der Waals surface area contributed by atoms with Crippen LogP contribution in [-0.4, -0.2) is 48.0 Å². The number of carbonyl (C=O) groups excluding carboxylic acids is 2. The van der Waals surface area contributed by atoms with Crippen molar-refractivity contribution in [1.82, 2.24) is 16.0 Å². The lowest BCUT2D eigenvalue weighted by molar-refractivity contribution is -0.145. The molecule has 0 aliphatic rings. The number of alkyl halides is 2. The monoisotopic (exact) mass is 315 g/mol. The molecule has 0 aromatic heterocycles. The molecule has 0 aliphatic carbocycles. The van der Waals surface area contributed by atoms with Gasteiger partial charge in [-0.3, -0.25) is 14.9 Å². The molecule has 0 fully saturated rings. The maximum atomic E-state index is 14.2. The minimum atomic E-state index is -2.77. The predicted molar refractivity (Wildman–Crippen MR) is 75.9 cm³/mol. The van der Waals surface area contributed by atoms with Gasteiger partial charge in [-0.25, -0.2) is 8.78 Å². The highest BCUT2D eigenvalue weighted by atomic mass is 32.1. The zero-order valence-electron chi connectivity index (χ0n) is 10.8. The Morgan fingerprint density at radius 3 is 1.89 bits per heavy atom. The minimum absolute atomic E-state index is 0.145. The summed E-state index contributed by atoms with van der Waals surface area (Å²) in [6, 6.07) is 0. The Balaban J connectivity index is 4.96. The highest BCUT2D eigenvalue weighted by molar-refractivity contribution is 7.80. The fourth-order valence-electron chi connectivity index (χ4n) is 1.24. The van der Waals surface area contributed by atoms with E-state index in [1.807, 2.05) is 0 Å². The third-order valence-electron chi connectivity index (χ3n) is 2.26. The third kappa shape index (κ3) is 4.81. The molecule has 2 amide bonds. The molecule has 5 nitrogen and oxygen atoms in total. The molecule has 0 bridgehead atoms. The quantitative estimate of drug-likeness (QED) is 0.324. The summed E-state index contributed by atoms with van der Waals surface area (Å²) in [4.78, 5) is 23.2. The normalized spacial score (nSPS) is 17.2. The number of hydrogen-bond donors (Lipinski definition) is 5. The van der Waals surface area contributed by atoms with Crippen LogP contribution in [0.4, 0.5) is 8.78 Å². The Hall–Kier alpha value is -0.540. The summed E-state index contributed by atoms with van der Waals surface area (Å²) < 4.78 is 28.3. The summed E-state index contributed by atoms with van der Waals surface area (Å²) in [6.07, 6.45) is 0. The van der Waals surface area contributed by atoms with E-state index in [-0.39, 0.29) is 13.1 Å². The van der Waals surface area contributed by atoms with Crippen LogP contribution >= 0.6 is 25.3 Å². The number of nitrogens with one attached hydrogen (secondary N) is 3. The van der Waals surface area contributed by atoms with Crippen molar-refractivity contribution in [3.05, 3.63) is 0 Å². The van der Waals surface area contributed by atoms with E-state index < -0.39 is 34.9 Å². The van der Waals surface area contributed by atoms with Gasteiger partial charge in [0.25, 0.3) is 17.6 Å². The first-order chi connectivity index (χ1) is 8.79. The van der Waals surface area contributed by atoms with Gasteiger partial charge in [-0.2, -0.15) is 25.3 Å². The lowest BCUT2D eigenvalue weighted by atomic mass is 10.2. The molecular formula is C10H19F2N3O2S2. The van der Waals surface area contributed by atoms with Crippen molar-refractivity contribution in [3.8, 4) is 0 Å². The summed E-state index contributed by atoms with van der Waals surface area (Å²) >= 11 is 7.38. The average molecular weight is 315 g/mol. The summed E-state index contributed by atoms with van der Waals surface area (Å²) in [5.74, 6) is -8.80. The first-order valence-corrected chi connectivity index (χ1v) is 7.01. The van der Waals surface area contributed by atoms with E-state index >= 15 is 0 Å². The van der Waals surface area contributed by atoms with Crippen molar-refractivity contribution in [3.63, 3.8) is 0 Å². The Morgan fingerprint density at radius 2 is 1.53 bits per heavy atom. The van der Waals surface area contributed by atoms with Crippen LogP contribution in [0, 0.1) is 0 Å². The fraction of sp³-hybridized carbons (Fsp3) is 0.800. The van der Waals surface area contributed by atoms with Crippen LogP contribution < -0.4 is 16.0 Å². The van der Waals surface area contributed by atoms with Crippen molar-refractivity contribution in [1.29, 1.82) is 0 Å². The number of likely N-dealkylation sites (N-methyl/N-ethyl adjacent to an activating group) is 2. The lowest BCUT2D eigenvalue weighted by Crippen LogP contribution is -2.64. The number of halogens is 2. The van der Waals surface area contributed by atoms with Crippen LogP contribution in [0.15, 0.2) is 0 Å². The van der Waals surface area contributed by atoms with Crippen LogP contribution in [0.5, 0.6) is 0 Å². The van der Waals surface area contributed by atoms with Crippen LogP contribution in [0.3, 0.4) is 0 Å². The van der Waals surface area contributed by atoms with Crippen LogP contribution in [-0.2, 0) is 9.59 Å². The van der Waals surface area contributed by atoms with Crippen molar-refractivity contribution in [2.24, 2.45) is 0 Å². The van der Waals surface area contributed by atoms with E-state index in [1.54, 1.807) is 19.2 Å².